The van der Waals surface area contributed by atoms with Crippen molar-refractivity contribution >= 4 is 39.9 Å². The Bertz CT molecular complexity index is 937. The fraction of sp³-hybridized carbons (Fsp3) is 0. The molecule has 1 heterocycles. The van der Waals surface area contributed by atoms with Crippen molar-refractivity contribution in [3.8, 4) is 5.75 Å². The van der Waals surface area contributed by atoms with Crippen LogP contribution in [0.2, 0.25) is 10.0 Å². The Balaban J connectivity index is 2.05. The third-order valence-corrected chi connectivity index (χ3v) is 3.81. The van der Waals surface area contributed by atoms with Gasteiger partial charge < -0.3 is 4.74 Å². The lowest BCUT2D eigenvalue weighted by atomic mass is 10.1. The van der Waals surface area contributed by atoms with Crippen molar-refractivity contribution in [1.29, 1.82) is 0 Å². The van der Waals surface area contributed by atoms with Crippen molar-refractivity contribution in [2.45, 2.75) is 0 Å². The number of carbonyl (C=O) groups is 1. The molecule has 0 aliphatic heterocycles. The summed E-state index contributed by atoms with van der Waals surface area (Å²) in [6.07, 6.45) is 0. The molecular weight excluding hydrogens is 327 g/mol. The summed E-state index contributed by atoms with van der Waals surface area (Å²) in [7, 11) is 0. The van der Waals surface area contributed by atoms with E-state index in [4.69, 9.17) is 27.9 Å². The van der Waals surface area contributed by atoms with Gasteiger partial charge in [-0.15, -0.1) is 0 Å². The molecule has 22 heavy (non-hydrogen) atoms. The molecule has 1 N–H and O–H groups in total. The number of ether oxygens (including phenoxy) is 1. The second kappa shape index (κ2) is 5.79. The van der Waals surface area contributed by atoms with Gasteiger partial charge in [0.15, 0.2) is 11.4 Å². The van der Waals surface area contributed by atoms with Crippen LogP contribution in [0.3, 0.4) is 0 Å². The highest BCUT2D eigenvalue weighted by molar-refractivity contribution is 6.43. The zero-order chi connectivity index (χ0) is 15.7. The van der Waals surface area contributed by atoms with Crippen LogP contribution < -0.4 is 10.3 Å². The van der Waals surface area contributed by atoms with Crippen molar-refractivity contribution in [3.63, 3.8) is 0 Å². The van der Waals surface area contributed by atoms with Crippen LogP contribution in [0.1, 0.15) is 10.5 Å². The number of H-pyrrole nitrogens is 1. The van der Waals surface area contributed by atoms with Gasteiger partial charge in [0.25, 0.3) is 5.56 Å². The molecule has 0 atom stereocenters. The predicted octanol–water partition coefficient (Wildman–Crippen LogP) is 3.45. The number of nitrogens with one attached hydrogen (secondary N) is 1. The van der Waals surface area contributed by atoms with Crippen LogP contribution in [0, 0.1) is 0 Å². The molecular formula is C15H8Cl2N2O3. The lowest BCUT2D eigenvalue weighted by Crippen LogP contribution is -2.17. The van der Waals surface area contributed by atoms with Crippen molar-refractivity contribution in [1.82, 2.24) is 10.2 Å². The summed E-state index contributed by atoms with van der Waals surface area (Å²) in [6, 6.07) is 11.3. The first-order valence-electron chi connectivity index (χ1n) is 6.21. The summed E-state index contributed by atoms with van der Waals surface area (Å²) in [5, 5.41) is 7.18. The molecule has 0 radical (unpaired) electrons. The SMILES string of the molecule is O=C(Oc1cccc(Cl)c1Cl)c1n[nH]c(=O)c2ccccc12. The fourth-order valence-corrected chi connectivity index (χ4v) is 2.31. The molecule has 1 aromatic heterocycles. The van der Waals surface area contributed by atoms with Gasteiger partial charge in [0.1, 0.15) is 5.02 Å². The molecule has 7 heteroatoms. The van der Waals surface area contributed by atoms with Crippen LogP contribution in [0.15, 0.2) is 47.3 Å². The van der Waals surface area contributed by atoms with E-state index < -0.39 is 5.97 Å². The Morgan fingerprint density at radius 2 is 1.77 bits per heavy atom. The summed E-state index contributed by atoms with van der Waals surface area (Å²) >= 11 is 11.9. The van der Waals surface area contributed by atoms with Gasteiger partial charge in [-0.3, -0.25) is 4.79 Å². The number of nitrogens with zero attached hydrogens (tertiary/aromatic N) is 1. The minimum Gasteiger partial charge on any atom is -0.420 e. The lowest BCUT2D eigenvalue weighted by molar-refractivity contribution is 0.0730. The first kappa shape index (κ1) is 14.6. The highest BCUT2D eigenvalue weighted by Crippen LogP contribution is 2.32. The molecule has 0 amide bonds. The number of hydrogen-bond acceptors (Lipinski definition) is 4. The number of halogens is 2. The van der Waals surface area contributed by atoms with Gasteiger partial charge in [0.05, 0.1) is 10.4 Å². The standard InChI is InChI=1S/C15H8Cl2N2O3/c16-10-6-3-7-11(12(10)17)22-15(21)13-8-4-1-2-5-9(8)14(20)19-18-13/h1-7H,(H,19,20). The Hall–Kier alpha value is -2.37. The number of rotatable bonds is 2. The maximum Gasteiger partial charge on any atom is 0.364 e. The second-order valence-corrected chi connectivity index (χ2v) is 5.17. The maximum absolute atomic E-state index is 12.3. The highest BCUT2D eigenvalue weighted by atomic mass is 35.5. The van der Waals surface area contributed by atoms with E-state index in [1.807, 2.05) is 0 Å². The van der Waals surface area contributed by atoms with Gasteiger partial charge >= 0.3 is 5.97 Å². The first-order valence-corrected chi connectivity index (χ1v) is 6.97. The van der Waals surface area contributed by atoms with E-state index in [-0.39, 0.29) is 27.0 Å². The van der Waals surface area contributed by atoms with Crippen molar-refractivity contribution in [2.24, 2.45) is 0 Å². The molecule has 0 spiro atoms. The number of aromatic nitrogens is 2. The molecule has 110 valence electrons. The highest BCUT2D eigenvalue weighted by Gasteiger charge is 2.18. The molecule has 0 bridgehead atoms. The normalized spacial score (nSPS) is 10.6. The number of benzene rings is 2. The van der Waals surface area contributed by atoms with Gasteiger partial charge in [-0.25, -0.2) is 9.89 Å². The zero-order valence-corrected chi connectivity index (χ0v) is 12.5. The fourth-order valence-electron chi connectivity index (χ4n) is 1.98. The zero-order valence-electron chi connectivity index (χ0n) is 11.0. The Labute approximate surface area is 134 Å². The van der Waals surface area contributed by atoms with Crippen LogP contribution in [0.5, 0.6) is 5.75 Å². The quantitative estimate of drug-likeness (QED) is 0.575. The van der Waals surface area contributed by atoms with Gasteiger partial charge in [-0.2, -0.15) is 5.10 Å². The molecule has 3 aromatic rings. The first-order chi connectivity index (χ1) is 10.6. The molecule has 0 saturated heterocycles. The minimum absolute atomic E-state index is 0.00811. The Morgan fingerprint density at radius 1 is 1.05 bits per heavy atom. The monoisotopic (exact) mass is 334 g/mol. The van der Waals surface area contributed by atoms with Gasteiger partial charge in [-0.05, 0) is 18.2 Å². The van der Waals surface area contributed by atoms with E-state index in [9.17, 15) is 9.59 Å². The van der Waals surface area contributed by atoms with Crippen LogP contribution in [-0.2, 0) is 0 Å². The smallest absolute Gasteiger partial charge is 0.364 e. The molecule has 2 aromatic carbocycles. The van der Waals surface area contributed by atoms with E-state index in [1.165, 1.54) is 6.07 Å². The minimum atomic E-state index is -0.739. The van der Waals surface area contributed by atoms with Crippen LogP contribution >= 0.6 is 23.2 Å². The van der Waals surface area contributed by atoms with E-state index in [0.717, 1.165) is 0 Å². The topological polar surface area (TPSA) is 72.0 Å². The van der Waals surface area contributed by atoms with Crippen LogP contribution in [0.4, 0.5) is 0 Å². The second-order valence-electron chi connectivity index (χ2n) is 4.39. The average Bonchev–Trinajstić information content (AvgIpc) is 2.52. The van der Waals surface area contributed by atoms with E-state index in [0.29, 0.717) is 10.8 Å². The summed E-state index contributed by atoms with van der Waals surface area (Å²) in [5.74, 6) is -0.618. The largest absolute Gasteiger partial charge is 0.420 e. The Morgan fingerprint density at radius 3 is 2.55 bits per heavy atom. The van der Waals surface area contributed by atoms with E-state index in [1.54, 1.807) is 36.4 Å². The lowest BCUT2D eigenvalue weighted by Gasteiger charge is -2.07. The van der Waals surface area contributed by atoms with Crippen LogP contribution in [0.25, 0.3) is 10.8 Å². The van der Waals surface area contributed by atoms with Crippen molar-refractivity contribution in [2.75, 3.05) is 0 Å². The third kappa shape index (κ3) is 2.56. The molecule has 5 nitrogen and oxygen atoms in total. The Kier molecular flexibility index (Phi) is 3.83. The number of esters is 1. The summed E-state index contributed by atoms with van der Waals surface area (Å²) in [4.78, 5) is 24.0. The summed E-state index contributed by atoms with van der Waals surface area (Å²) in [5.41, 5.74) is -0.390. The maximum atomic E-state index is 12.3. The van der Waals surface area contributed by atoms with Gasteiger partial charge in [0, 0.05) is 5.39 Å². The molecule has 0 unspecified atom stereocenters. The van der Waals surface area contributed by atoms with Gasteiger partial charge in [-0.1, -0.05) is 47.5 Å². The summed E-state index contributed by atoms with van der Waals surface area (Å²) in [6.45, 7) is 0. The van der Waals surface area contributed by atoms with E-state index >= 15 is 0 Å². The van der Waals surface area contributed by atoms with Crippen molar-refractivity contribution in [3.05, 3.63) is 68.6 Å². The van der Waals surface area contributed by atoms with Gasteiger partial charge in [0.2, 0.25) is 0 Å². The third-order valence-electron chi connectivity index (χ3n) is 3.01. The predicted molar refractivity (Wildman–Crippen MR) is 83.8 cm³/mol. The van der Waals surface area contributed by atoms with Crippen molar-refractivity contribution < 1.29 is 9.53 Å². The molecule has 3 rings (SSSR count). The number of aromatic amines is 1. The summed E-state index contributed by atoms with van der Waals surface area (Å²) < 4.78 is 5.22. The average molecular weight is 335 g/mol. The number of fused-ring (bicyclic) bond motifs is 1. The van der Waals surface area contributed by atoms with E-state index in [2.05, 4.69) is 10.2 Å². The van der Waals surface area contributed by atoms with Crippen LogP contribution in [-0.4, -0.2) is 16.2 Å². The molecule has 0 saturated carbocycles. The number of hydrogen-bond donors (Lipinski definition) is 1. The molecule has 0 fully saturated rings. The number of carbonyl (C=O) groups excluding carboxylic acids is 1. The molecule has 0 aliphatic carbocycles. The molecule has 0 aliphatic rings.